The predicted molar refractivity (Wildman–Crippen MR) is 110 cm³/mol. The molecule has 5 heteroatoms. The van der Waals surface area contributed by atoms with E-state index in [4.69, 9.17) is 4.98 Å². The molecule has 3 aromatic rings. The highest BCUT2D eigenvalue weighted by atomic mass is 16.2. The van der Waals surface area contributed by atoms with Crippen LogP contribution in [0.25, 0.3) is 22.2 Å². The van der Waals surface area contributed by atoms with E-state index < -0.39 is 0 Å². The number of amides is 1. The lowest BCUT2D eigenvalue weighted by Gasteiger charge is -2.20. The number of fused-ring (bicyclic) bond motifs is 1. The molecule has 0 saturated heterocycles. The average Bonchev–Trinajstić information content (AvgIpc) is 3.15. The smallest absolute Gasteiger partial charge is 0.254 e. The van der Waals surface area contributed by atoms with Crippen molar-refractivity contribution in [3.8, 4) is 11.3 Å². The van der Waals surface area contributed by atoms with E-state index in [1.165, 1.54) is 5.56 Å². The van der Waals surface area contributed by atoms with Crippen molar-refractivity contribution in [2.24, 2.45) is 0 Å². The summed E-state index contributed by atoms with van der Waals surface area (Å²) in [5.41, 5.74) is 5.60. The molecule has 2 aromatic heterocycles. The summed E-state index contributed by atoms with van der Waals surface area (Å²) in [6.45, 7) is 13.7. The van der Waals surface area contributed by atoms with Gasteiger partial charge in [0, 0.05) is 36.3 Å². The first-order valence-corrected chi connectivity index (χ1v) is 9.62. The van der Waals surface area contributed by atoms with Gasteiger partial charge in [-0.15, -0.1) is 0 Å². The Hall–Kier alpha value is -2.69. The number of nitrogens with zero attached hydrogens (tertiary/aromatic N) is 4. The van der Waals surface area contributed by atoms with Crippen LogP contribution < -0.4 is 0 Å². The van der Waals surface area contributed by atoms with Crippen LogP contribution in [0.15, 0.2) is 30.6 Å². The van der Waals surface area contributed by atoms with Gasteiger partial charge in [0.25, 0.3) is 5.91 Å². The molecule has 0 fully saturated rings. The summed E-state index contributed by atoms with van der Waals surface area (Å²) in [7, 11) is 0. The summed E-state index contributed by atoms with van der Waals surface area (Å²) >= 11 is 0. The lowest BCUT2D eigenvalue weighted by molar-refractivity contribution is 0.0775. The number of carbonyl (C=O) groups is 1. The van der Waals surface area contributed by atoms with Gasteiger partial charge in [0.05, 0.1) is 23.0 Å². The Bertz CT molecular complexity index is 983. The SMILES string of the molecule is CCN(CC)C(=O)c1cc(-c2cnn(C(C)C)c2)nc2c(C)c(C)ccc12. The minimum Gasteiger partial charge on any atom is -0.339 e. The summed E-state index contributed by atoms with van der Waals surface area (Å²) in [4.78, 5) is 20.0. The van der Waals surface area contributed by atoms with Crippen molar-refractivity contribution in [2.75, 3.05) is 13.1 Å². The number of carbonyl (C=O) groups excluding carboxylic acids is 1. The number of benzene rings is 1. The Kier molecular flexibility index (Phi) is 5.31. The molecule has 0 aliphatic heterocycles. The molecule has 1 amide bonds. The minimum absolute atomic E-state index is 0.0492. The van der Waals surface area contributed by atoms with Gasteiger partial charge >= 0.3 is 0 Å². The third-order valence-corrected chi connectivity index (χ3v) is 5.21. The van der Waals surface area contributed by atoms with Crippen molar-refractivity contribution in [3.05, 3.63) is 47.3 Å². The zero-order valence-corrected chi connectivity index (χ0v) is 17.1. The molecule has 0 N–H and O–H groups in total. The van der Waals surface area contributed by atoms with E-state index in [0.717, 1.165) is 27.7 Å². The monoisotopic (exact) mass is 364 g/mol. The molecule has 3 rings (SSSR count). The molecule has 2 heterocycles. The van der Waals surface area contributed by atoms with E-state index in [-0.39, 0.29) is 11.9 Å². The first-order chi connectivity index (χ1) is 12.9. The van der Waals surface area contributed by atoms with Crippen LogP contribution in [0.3, 0.4) is 0 Å². The second-order valence-electron chi connectivity index (χ2n) is 7.24. The van der Waals surface area contributed by atoms with Crippen LogP contribution in [-0.4, -0.2) is 38.7 Å². The maximum Gasteiger partial charge on any atom is 0.254 e. The van der Waals surface area contributed by atoms with E-state index in [1.54, 1.807) is 0 Å². The van der Waals surface area contributed by atoms with Crippen LogP contribution in [-0.2, 0) is 0 Å². The minimum atomic E-state index is 0.0492. The van der Waals surface area contributed by atoms with Crippen LogP contribution >= 0.6 is 0 Å². The Morgan fingerprint density at radius 1 is 1.19 bits per heavy atom. The molecule has 0 aliphatic carbocycles. The maximum absolute atomic E-state index is 13.2. The first kappa shape index (κ1) is 19.1. The fourth-order valence-electron chi connectivity index (χ4n) is 3.29. The standard InChI is InChI=1S/C22H28N4O/c1-7-25(8-2)22(27)19-11-20(17-12-23-26(13-17)14(3)4)24-21-16(6)15(5)9-10-18(19)21/h9-14H,7-8H2,1-6H3. The predicted octanol–water partition coefficient (Wildman–Crippen LogP) is 4.78. The normalized spacial score (nSPS) is 11.4. The number of rotatable bonds is 5. The van der Waals surface area contributed by atoms with Crippen molar-refractivity contribution in [3.63, 3.8) is 0 Å². The van der Waals surface area contributed by atoms with Crippen molar-refractivity contribution in [1.29, 1.82) is 0 Å². The zero-order valence-electron chi connectivity index (χ0n) is 17.1. The van der Waals surface area contributed by atoms with Crippen LogP contribution in [0, 0.1) is 13.8 Å². The lowest BCUT2D eigenvalue weighted by Crippen LogP contribution is -2.30. The molecule has 0 aliphatic rings. The molecule has 0 unspecified atom stereocenters. The van der Waals surface area contributed by atoms with Crippen LogP contribution in [0.1, 0.15) is 55.2 Å². The van der Waals surface area contributed by atoms with Gasteiger partial charge in [-0.3, -0.25) is 9.48 Å². The van der Waals surface area contributed by atoms with Gasteiger partial charge in [-0.25, -0.2) is 4.98 Å². The summed E-state index contributed by atoms with van der Waals surface area (Å²) in [5, 5.41) is 5.35. The number of pyridine rings is 1. The number of aryl methyl sites for hydroxylation is 2. The molecule has 0 spiro atoms. The van der Waals surface area contributed by atoms with Gasteiger partial charge in [0.2, 0.25) is 0 Å². The molecule has 0 bridgehead atoms. The molecule has 5 nitrogen and oxygen atoms in total. The van der Waals surface area contributed by atoms with Crippen LogP contribution in [0.4, 0.5) is 0 Å². The zero-order chi connectivity index (χ0) is 19.7. The number of hydrogen-bond acceptors (Lipinski definition) is 3. The Labute approximate surface area is 161 Å². The third-order valence-electron chi connectivity index (χ3n) is 5.21. The van der Waals surface area contributed by atoms with Crippen molar-refractivity contribution in [1.82, 2.24) is 19.7 Å². The molecular formula is C22H28N4O. The third kappa shape index (κ3) is 3.46. The van der Waals surface area contributed by atoms with E-state index >= 15 is 0 Å². The fourth-order valence-corrected chi connectivity index (χ4v) is 3.29. The van der Waals surface area contributed by atoms with E-state index in [0.29, 0.717) is 18.7 Å². The summed E-state index contributed by atoms with van der Waals surface area (Å²) < 4.78 is 1.91. The molecule has 1 aromatic carbocycles. The van der Waals surface area contributed by atoms with Gasteiger partial charge in [0.1, 0.15) is 0 Å². The summed E-state index contributed by atoms with van der Waals surface area (Å²) in [6, 6.07) is 6.27. The highest BCUT2D eigenvalue weighted by molar-refractivity contribution is 6.08. The number of aromatic nitrogens is 3. The van der Waals surface area contributed by atoms with Crippen molar-refractivity contribution < 1.29 is 4.79 Å². The van der Waals surface area contributed by atoms with Gasteiger partial charge < -0.3 is 4.90 Å². The quantitative estimate of drug-likeness (QED) is 0.655. The van der Waals surface area contributed by atoms with E-state index in [9.17, 15) is 4.79 Å². The van der Waals surface area contributed by atoms with Gasteiger partial charge in [-0.05, 0) is 58.7 Å². The van der Waals surface area contributed by atoms with E-state index in [2.05, 4.69) is 38.9 Å². The molecule has 0 saturated carbocycles. The van der Waals surface area contributed by atoms with Gasteiger partial charge in [0.15, 0.2) is 0 Å². The summed E-state index contributed by atoms with van der Waals surface area (Å²) in [6.07, 6.45) is 3.82. The van der Waals surface area contributed by atoms with Gasteiger partial charge in [-0.1, -0.05) is 12.1 Å². The molecule has 142 valence electrons. The largest absolute Gasteiger partial charge is 0.339 e. The Morgan fingerprint density at radius 3 is 2.48 bits per heavy atom. The molecule has 0 atom stereocenters. The Morgan fingerprint density at radius 2 is 1.89 bits per heavy atom. The highest BCUT2D eigenvalue weighted by Gasteiger charge is 2.20. The second-order valence-corrected chi connectivity index (χ2v) is 7.24. The maximum atomic E-state index is 13.2. The lowest BCUT2D eigenvalue weighted by atomic mass is 9.99. The van der Waals surface area contributed by atoms with Crippen LogP contribution in [0.2, 0.25) is 0 Å². The molecular weight excluding hydrogens is 336 g/mol. The second kappa shape index (κ2) is 7.51. The van der Waals surface area contributed by atoms with Crippen LogP contribution in [0.5, 0.6) is 0 Å². The summed E-state index contributed by atoms with van der Waals surface area (Å²) in [5.74, 6) is 0.0492. The van der Waals surface area contributed by atoms with Gasteiger partial charge in [-0.2, -0.15) is 5.10 Å². The topological polar surface area (TPSA) is 51.0 Å². The van der Waals surface area contributed by atoms with Crippen molar-refractivity contribution >= 4 is 16.8 Å². The Balaban J connectivity index is 2.26. The van der Waals surface area contributed by atoms with E-state index in [1.807, 2.05) is 48.0 Å². The molecule has 27 heavy (non-hydrogen) atoms. The van der Waals surface area contributed by atoms with Crippen molar-refractivity contribution in [2.45, 2.75) is 47.6 Å². The molecule has 0 radical (unpaired) electrons. The number of hydrogen-bond donors (Lipinski definition) is 0. The first-order valence-electron chi connectivity index (χ1n) is 9.62. The average molecular weight is 364 g/mol. The fraction of sp³-hybridized carbons (Fsp3) is 0.409. The highest BCUT2D eigenvalue weighted by Crippen LogP contribution is 2.29.